The van der Waals surface area contributed by atoms with Crippen LogP contribution in [-0.2, 0) is 9.53 Å². The Morgan fingerprint density at radius 1 is 1.57 bits per heavy atom. The fourth-order valence-corrected chi connectivity index (χ4v) is 0.804. The Morgan fingerprint density at radius 2 is 2.29 bits per heavy atom. The number of hydrogen-bond donors (Lipinski definition) is 1. The summed E-state index contributed by atoms with van der Waals surface area (Å²) in [5, 5.41) is 9.28. The number of carbonyl (C=O) groups is 1. The molecule has 0 radical (unpaired) electrons. The summed E-state index contributed by atoms with van der Waals surface area (Å²) < 4.78 is 4.31. The SMILES string of the molecule is CCC=CCCC(O)C#CC(=O)OC. The lowest BCUT2D eigenvalue weighted by atomic mass is 10.2. The van der Waals surface area contributed by atoms with Crippen molar-refractivity contribution in [2.75, 3.05) is 7.11 Å². The van der Waals surface area contributed by atoms with Gasteiger partial charge >= 0.3 is 5.97 Å². The highest BCUT2D eigenvalue weighted by atomic mass is 16.5. The molecule has 0 heterocycles. The molecule has 1 unspecified atom stereocenters. The number of aliphatic hydroxyl groups is 1. The third-order valence-electron chi connectivity index (χ3n) is 1.54. The van der Waals surface area contributed by atoms with Crippen molar-refractivity contribution in [1.29, 1.82) is 0 Å². The maximum Gasteiger partial charge on any atom is 0.384 e. The van der Waals surface area contributed by atoms with Crippen molar-refractivity contribution >= 4 is 5.97 Å². The quantitative estimate of drug-likeness (QED) is 0.319. The minimum atomic E-state index is -0.754. The van der Waals surface area contributed by atoms with Crippen molar-refractivity contribution in [3.63, 3.8) is 0 Å². The van der Waals surface area contributed by atoms with E-state index < -0.39 is 12.1 Å². The zero-order chi connectivity index (χ0) is 10.8. The maximum absolute atomic E-state index is 10.6. The van der Waals surface area contributed by atoms with Gasteiger partial charge in [-0.25, -0.2) is 4.79 Å². The Kier molecular flexibility index (Phi) is 7.58. The average Bonchev–Trinajstić information content (AvgIpc) is 2.21. The number of aliphatic hydroxyl groups excluding tert-OH is 1. The summed E-state index contributed by atoms with van der Waals surface area (Å²) in [4.78, 5) is 10.6. The molecule has 0 saturated carbocycles. The van der Waals surface area contributed by atoms with Gasteiger partial charge in [0.05, 0.1) is 7.11 Å². The van der Waals surface area contributed by atoms with E-state index in [0.717, 1.165) is 12.8 Å². The van der Waals surface area contributed by atoms with E-state index in [1.54, 1.807) is 0 Å². The number of allylic oxidation sites excluding steroid dienone is 2. The van der Waals surface area contributed by atoms with Crippen LogP contribution in [0.25, 0.3) is 0 Å². The van der Waals surface area contributed by atoms with Crippen LogP contribution in [0.1, 0.15) is 26.2 Å². The highest BCUT2D eigenvalue weighted by Crippen LogP contribution is 1.97. The smallest absolute Gasteiger partial charge is 0.384 e. The minimum absolute atomic E-state index is 0.542. The first-order valence-electron chi connectivity index (χ1n) is 4.63. The number of ether oxygens (including phenoxy) is 1. The molecule has 0 fully saturated rings. The van der Waals surface area contributed by atoms with Crippen molar-refractivity contribution in [2.45, 2.75) is 32.3 Å². The molecule has 0 aliphatic carbocycles. The van der Waals surface area contributed by atoms with Gasteiger partial charge < -0.3 is 9.84 Å². The normalized spacial score (nSPS) is 11.9. The molecule has 1 atom stereocenters. The van der Waals surface area contributed by atoms with E-state index in [1.165, 1.54) is 7.11 Å². The van der Waals surface area contributed by atoms with E-state index >= 15 is 0 Å². The molecule has 0 rings (SSSR count). The summed E-state index contributed by atoms with van der Waals surface area (Å²) in [5.74, 6) is 3.98. The topological polar surface area (TPSA) is 46.5 Å². The molecule has 3 nitrogen and oxygen atoms in total. The van der Waals surface area contributed by atoms with Crippen molar-refractivity contribution in [3.8, 4) is 11.8 Å². The Hall–Kier alpha value is -1.27. The summed E-state index contributed by atoms with van der Waals surface area (Å²) in [6, 6.07) is 0. The predicted octanol–water partition coefficient (Wildman–Crippen LogP) is 1.27. The molecular weight excluding hydrogens is 180 g/mol. The molecule has 1 N–H and O–H groups in total. The number of hydrogen-bond acceptors (Lipinski definition) is 3. The summed E-state index contributed by atoms with van der Waals surface area (Å²) in [7, 11) is 1.26. The molecular formula is C11H16O3. The van der Waals surface area contributed by atoms with Gasteiger partial charge in [0.2, 0.25) is 0 Å². The molecule has 0 aliphatic heterocycles. The lowest BCUT2D eigenvalue weighted by Gasteiger charge is -1.98. The van der Waals surface area contributed by atoms with Crippen LogP contribution in [-0.4, -0.2) is 24.3 Å². The number of rotatable bonds is 4. The summed E-state index contributed by atoms with van der Waals surface area (Å²) >= 11 is 0. The van der Waals surface area contributed by atoms with Gasteiger partial charge in [-0.1, -0.05) is 25.0 Å². The van der Waals surface area contributed by atoms with Crippen LogP contribution in [0.2, 0.25) is 0 Å². The Bertz CT molecular complexity index is 245. The van der Waals surface area contributed by atoms with Gasteiger partial charge in [-0.2, -0.15) is 0 Å². The molecule has 78 valence electrons. The van der Waals surface area contributed by atoms with Gasteiger partial charge in [-0.05, 0) is 19.3 Å². The Balaban J connectivity index is 3.73. The third-order valence-corrected chi connectivity index (χ3v) is 1.54. The van der Waals surface area contributed by atoms with Gasteiger partial charge in [0.15, 0.2) is 0 Å². The predicted molar refractivity (Wildman–Crippen MR) is 54.5 cm³/mol. The van der Waals surface area contributed by atoms with Gasteiger partial charge in [0, 0.05) is 5.92 Å². The van der Waals surface area contributed by atoms with E-state index in [4.69, 9.17) is 0 Å². The van der Waals surface area contributed by atoms with Crippen molar-refractivity contribution < 1.29 is 14.6 Å². The van der Waals surface area contributed by atoms with Crippen molar-refractivity contribution in [1.82, 2.24) is 0 Å². The van der Waals surface area contributed by atoms with Crippen molar-refractivity contribution in [3.05, 3.63) is 12.2 Å². The van der Waals surface area contributed by atoms with Gasteiger partial charge in [0.1, 0.15) is 6.10 Å². The number of carbonyl (C=O) groups excluding carboxylic acids is 1. The molecule has 0 bridgehead atoms. The molecule has 0 aromatic carbocycles. The second kappa shape index (κ2) is 8.33. The van der Waals surface area contributed by atoms with Crippen LogP contribution in [0.3, 0.4) is 0 Å². The monoisotopic (exact) mass is 196 g/mol. The first-order chi connectivity index (χ1) is 6.70. The van der Waals surface area contributed by atoms with Crippen LogP contribution >= 0.6 is 0 Å². The summed E-state index contributed by atoms with van der Waals surface area (Å²) in [6.07, 6.45) is 5.56. The fraction of sp³-hybridized carbons (Fsp3) is 0.545. The molecule has 0 amide bonds. The van der Waals surface area contributed by atoms with Crippen LogP contribution in [0.4, 0.5) is 0 Å². The second-order valence-electron chi connectivity index (χ2n) is 2.73. The molecule has 0 aromatic heterocycles. The Labute approximate surface area is 84.8 Å². The van der Waals surface area contributed by atoms with E-state index in [-0.39, 0.29) is 0 Å². The summed E-state index contributed by atoms with van der Waals surface area (Å²) in [5.41, 5.74) is 0. The highest BCUT2D eigenvalue weighted by Gasteiger charge is 1.97. The van der Waals surface area contributed by atoms with E-state index in [0.29, 0.717) is 6.42 Å². The zero-order valence-corrected chi connectivity index (χ0v) is 8.62. The van der Waals surface area contributed by atoms with Crippen LogP contribution in [0, 0.1) is 11.8 Å². The van der Waals surface area contributed by atoms with Crippen LogP contribution in [0.15, 0.2) is 12.2 Å². The third kappa shape index (κ3) is 7.38. The minimum Gasteiger partial charge on any atom is -0.459 e. The van der Waals surface area contributed by atoms with Gasteiger partial charge in [-0.15, -0.1) is 0 Å². The molecule has 3 heteroatoms. The van der Waals surface area contributed by atoms with Crippen LogP contribution < -0.4 is 0 Å². The van der Waals surface area contributed by atoms with Crippen LogP contribution in [0.5, 0.6) is 0 Å². The van der Waals surface area contributed by atoms with E-state index in [1.807, 2.05) is 19.1 Å². The van der Waals surface area contributed by atoms with Gasteiger partial charge in [0.25, 0.3) is 0 Å². The molecule has 0 aromatic rings. The zero-order valence-electron chi connectivity index (χ0n) is 8.62. The first kappa shape index (κ1) is 12.7. The molecule has 14 heavy (non-hydrogen) atoms. The second-order valence-corrected chi connectivity index (χ2v) is 2.73. The average molecular weight is 196 g/mol. The molecule has 0 aliphatic rings. The first-order valence-corrected chi connectivity index (χ1v) is 4.63. The summed E-state index contributed by atoms with van der Waals surface area (Å²) in [6.45, 7) is 2.05. The molecule has 0 spiro atoms. The lowest BCUT2D eigenvalue weighted by Crippen LogP contribution is -2.04. The van der Waals surface area contributed by atoms with Gasteiger partial charge in [-0.3, -0.25) is 0 Å². The van der Waals surface area contributed by atoms with Crippen molar-refractivity contribution in [2.24, 2.45) is 0 Å². The molecule has 0 saturated heterocycles. The number of methoxy groups -OCH3 is 1. The lowest BCUT2D eigenvalue weighted by molar-refractivity contribution is -0.133. The van der Waals surface area contributed by atoms with E-state index in [9.17, 15) is 9.90 Å². The number of esters is 1. The van der Waals surface area contributed by atoms with E-state index in [2.05, 4.69) is 16.6 Å². The maximum atomic E-state index is 10.6. The standard InChI is InChI=1S/C11H16O3/c1-3-4-5-6-7-10(12)8-9-11(13)14-2/h4-5,10,12H,3,6-7H2,1-2H3. The Morgan fingerprint density at radius 3 is 2.86 bits per heavy atom. The fourth-order valence-electron chi connectivity index (χ4n) is 0.804. The highest BCUT2D eigenvalue weighted by molar-refractivity contribution is 5.88. The largest absolute Gasteiger partial charge is 0.459 e.